The number of hydrogen-bond donors (Lipinski definition) is 4. The van der Waals surface area contributed by atoms with Gasteiger partial charge in [0.05, 0.1) is 0 Å². The van der Waals surface area contributed by atoms with Crippen molar-refractivity contribution in [3.05, 3.63) is 24.3 Å². The average molecular weight is 400 g/mol. The third kappa shape index (κ3) is 31.9. The zero-order valence-electron chi connectivity index (χ0n) is 15.3. The summed E-state index contributed by atoms with van der Waals surface area (Å²) < 4.78 is 22.2. The highest BCUT2D eigenvalue weighted by molar-refractivity contribution is 7.60. The van der Waals surface area contributed by atoms with Crippen LogP contribution >= 0.6 is 15.6 Å². The topological polar surface area (TPSA) is 124 Å². The molecule has 0 amide bonds. The first kappa shape index (κ1) is 27.0. The first-order valence-corrected chi connectivity index (χ1v) is 11.7. The molecule has 0 aromatic rings. The van der Waals surface area contributed by atoms with Crippen molar-refractivity contribution in [2.75, 3.05) is 0 Å². The molecule has 7 nitrogen and oxygen atoms in total. The quantitative estimate of drug-likeness (QED) is 0.190. The second-order valence-corrected chi connectivity index (χ2v) is 8.54. The highest BCUT2D eigenvalue weighted by Gasteiger charge is 2.27. The Kier molecular flexibility index (Phi) is 17.2. The molecule has 0 aromatic heterocycles. The maximum Gasteiger partial charge on any atom is 0.478 e. The fraction of sp³-hybridized carbons (Fsp3) is 0.750. The number of phosphoric acid groups is 2. The first-order valence-electron chi connectivity index (χ1n) is 8.62. The summed E-state index contributed by atoms with van der Waals surface area (Å²) in [7, 11) is -10.1. The molecule has 0 saturated carbocycles. The van der Waals surface area contributed by atoms with Crippen LogP contribution in [0.1, 0.15) is 78.1 Å². The SMILES string of the molecule is C=C(C)C=CCCCCCCCCCCC.O=P(O)(O)OP(=O)(O)O. The standard InChI is InChI=1S/C16H30.H4O7P2/c1-4-5-6-7-8-9-10-11-12-13-14-15-16(2)3;1-8(2,3)7-9(4,5)6/h14-15H,2,4-13H2,1,3H3;(H2,1,2,3)(H2,4,5,6). The summed E-state index contributed by atoms with van der Waals surface area (Å²) in [5.74, 6) is 0. The van der Waals surface area contributed by atoms with Gasteiger partial charge in [0, 0.05) is 0 Å². The summed E-state index contributed by atoms with van der Waals surface area (Å²) in [5, 5.41) is 0. The van der Waals surface area contributed by atoms with Gasteiger partial charge in [0.15, 0.2) is 0 Å². The van der Waals surface area contributed by atoms with E-state index in [0.717, 1.165) is 5.57 Å². The van der Waals surface area contributed by atoms with Crippen LogP contribution in [0.4, 0.5) is 0 Å². The van der Waals surface area contributed by atoms with E-state index in [1.54, 1.807) is 0 Å². The van der Waals surface area contributed by atoms with Gasteiger partial charge in [0.1, 0.15) is 0 Å². The molecule has 4 N–H and O–H groups in total. The highest BCUT2D eigenvalue weighted by atomic mass is 31.3. The third-order valence-electron chi connectivity index (χ3n) is 3.09. The molecule has 0 aromatic carbocycles. The van der Waals surface area contributed by atoms with E-state index in [4.69, 9.17) is 19.6 Å². The molecule has 0 heterocycles. The van der Waals surface area contributed by atoms with Gasteiger partial charge in [-0.3, -0.25) is 0 Å². The van der Waals surface area contributed by atoms with Crippen LogP contribution in [0.5, 0.6) is 0 Å². The van der Waals surface area contributed by atoms with E-state index in [9.17, 15) is 9.13 Å². The Bertz CT molecular complexity index is 431. The molecule has 0 aliphatic heterocycles. The van der Waals surface area contributed by atoms with Crippen molar-refractivity contribution in [3.63, 3.8) is 0 Å². The molecular formula is C16H34O7P2. The Morgan fingerprint density at radius 3 is 1.60 bits per heavy atom. The van der Waals surface area contributed by atoms with Gasteiger partial charge in [-0.1, -0.05) is 82.6 Å². The van der Waals surface area contributed by atoms with Crippen molar-refractivity contribution in [1.29, 1.82) is 0 Å². The van der Waals surface area contributed by atoms with E-state index < -0.39 is 15.6 Å². The van der Waals surface area contributed by atoms with Crippen LogP contribution in [0.25, 0.3) is 0 Å². The minimum atomic E-state index is -5.05. The van der Waals surface area contributed by atoms with Gasteiger partial charge in [0.2, 0.25) is 0 Å². The van der Waals surface area contributed by atoms with Crippen LogP contribution in [-0.4, -0.2) is 19.6 Å². The van der Waals surface area contributed by atoms with Gasteiger partial charge >= 0.3 is 15.6 Å². The van der Waals surface area contributed by atoms with E-state index in [-0.39, 0.29) is 0 Å². The van der Waals surface area contributed by atoms with Gasteiger partial charge in [-0.25, -0.2) is 9.13 Å². The molecule has 0 bridgehead atoms. The highest BCUT2D eigenvalue weighted by Crippen LogP contribution is 2.53. The maximum atomic E-state index is 9.63. The molecule has 0 radical (unpaired) electrons. The summed E-state index contributed by atoms with van der Waals surface area (Å²) in [5.41, 5.74) is 1.16. The summed E-state index contributed by atoms with van der Waals surface area (Å²) in [6, 6.07) is 0. The van der Waals surface area contributed by atoms with Crippen LogP contribution in [0.15, 0.2) is 24.3 Å². The van der Waals surface area contributed by atoms with Gasteiger partial charge < -0.3 is 19.6 Å². The first-order chi connectivity index (χ1) is 11.5. The molecule has 0 spiro atoms. The molecule has 0 rings (SSSR count). The lowest BCUT2D eigenvalue weighted by atomic mass is 10.1. The Labute approximate surface area is 151 Å². The number of rotatable bonds is 13. The monoisotopic (exact) mass is 400 g/mol. The van der Waals surface area contributed by atoms with Gasteiger partial charge in [-0.15, -0.1) is 0 Å². The summed E-state index contributed by atoms with van der Waals surface area (Å²) in [6.07, 6.45) is 18.3. The van der Waals surface area contributed by atoms with Gasteiger partial charge in [0.25, 0.3) is 0 Å². The zero-order chi connectivity index (χ0) is 19.8. The molecule has 0 unspecified atom stereocenters. The minimum Gasteiger partial charge on any atom is -0.302 e. The average Bonchev–Trinajstić information content (AvgIpc) is 2.41. The largest absolute Gasteiger partial charge is 0.478 e. The van der Waals surface area contributed by atoms with Crippen LogP contribution in [0, 0.1) is 0 Å². The second-order valence-electron chi connectivity index (χ2n) is 5.93. The lowest BCUT2D eigenvalue weighted by molar-refractivity contribution is 0.225. The Morgan fingerprint density at radius 1 is 0.880 bits per heavy atom. The van der Waals surface area contributed by atoms with Crippen molar-refractivity contribution < 1.29 is 33.0 Å². The van der Waals surface area contributed by atoms with E-state index in [2.05, 4.69) is 30.0 Å². The second kappa shape index (κ2) is 16.0. The van der Waals surface area contributed by atoms with Crippen LogP contribution in [-0.2, 0) is 13.4 Å². The lowest BCUT2D eigenvalue weighted by Gasteiger charge is -2.03. The smallest absolute Gasteiger partial charge is 0.302 e. The molecular weight excluding hydrogens is 366 g/mol. The van der Waals surface area contributed by atoms with Crippen LogP contribution < -0.4 is 0 Å². The molecule has 150 valence electrons. The van der Waals surface area contributed by atoms with Crippen molar-refractivity contribution >= 4 is 15.6 Å². The minimum absolute atomic E-state index is 1.16. The Morgan fingerprint density at radius 2 is 1.28 bits per heavy atom. The Balaban J connectivity index is 0. The summed E-state index contributed by atoms with van der Waals surface area (Å²) in [6.45, 7) is 8.18. The van der Waals surface area contributed by atoms with E-state index >= 15 is 0 Å². The van der Waals surface area contributed by atoms with E-state index in [0.29, 0.717) is 0 Å². The van der Waals surface area contributed by atoms with Crippen molar-refractivity contribution in [3.8, 4) is 0 Å². The molecule has 0 saturated heterocycles. The summed E-state index contributed by atoms with van der Waals surface area (Å²) >= 11 is 0. The predicted molar refractivity (Wildman–Crippen MR) is 101 cm³/mol. The van der Waals surface area contributed by atoms with Crippen molar-refractivity contribution in [2.24, 2.45) is 0 Å². The molecule has 0 aliphatic carbocycles. The van der Waals surface area contributed by atoms with E-state index in [1.807, 2.05) is 6.92 Å². The van der Waals surface area contributed by atoms with E-state index in [1.165, 1.54) is 64.2 Å². The number of unbranched alkanes of at least 4 members (excludes halogenated alkanes) is 9. The van der Waals surface area contributed by atoms with Crippen LogP contribution in [0.2, 0.25) is 0 Å². The fourth-order valence-electron chi connectivity index (χ4n) is 2.00. The van der Waals surface area contributed by atoms with Gasteiger partial charge in [-0.05, 0) is 19.8 Å². The zero-order valence-corrected chi connectivity index (χ0v) is 17.1. The molecule has 0 aliphatic rings. The number of hydrogen-bond acceptors (Lipinski definition) is 3. The fourth-order valence-corrected chi connectivity index (χ4v) is 3.10. The number of allylic oxidation sites excluding steroid dienone is 3. The third-order valence-corrected chi connectivity index (χ3v) is 4.79. The van der Waals surface area contributed by atoms with Crippen molar-refractivity contribution in [1.82, 2.24) is 0 Å². The Hall–Kier alpha value is -0.260. The van der Waals surface area contributed by atoms with Gasteiger partial charge in [-0.2, -0.15) is 4.31 Å². The molecule has 0 fully saturated rings. The predicted octanol–water partition coefficient (Wildman–Crippen LogP) is 5.23. The maximum absolute atomic E-state index is 9.63. The normalized spacial score (nSPS) is 12.1. The molecule has 9 heteroatoms. The summed E-state index contributed by atoms with van der Waals surface area (Å²) in [4.78, 5) is 31.0. The van der Waals surface area contributed by atoms with Crippen LogP contribution in [0.3, 0.4) is 0 Å². The lowest BCUT2D eigenvalue weighted by Crippen LogP contribution is -1.84. The molecule has 25 heavy (non-hydrogen) atoms. The molecule has 0 atom stereocenters. The van der Waals surface area contributed by atoms with Crippen molar-refractivity contribution in [2.45, 2.75) is 78.1 Å².